The minimum absolute atomic E-state index is 0.0385. The molecular weight excluding hydrogens is 306 g/mol. The smallest absolute Gasteiger partial charge is 0.251 e. The van der Waals surface area contributed by atoms with Gasteiger partial charge in [-0.25, -0.2) is 4.98 Å². The van der Waals surface area contributed by atoms with E-state index in [4.69, 9.17) is 5.11 Å². The van der Waals surface area contributed by atoms with Gasteiger partial charge in [0.15, 0.2) is 0 Å². The summed E-state index contributed by atoms with van der Waals surface area (Å²) in [6.07, 6.45) is 7.02. The van der Waals surface area contributed by atoms with E-state index in [9.17, 15) is 9.90 Å². The van der Waals surface area contributed by atoms with E-state index in [1.165, 1.54) is 32.1 Å². The number of hydrogen-bond acceptors (Lipinski definition) is 4. The van der Waals surface area contributed by atoms with Gasteiger partial charge in [0.05, 0.1) is 23.7 Å². The number of rotatable bonds is 6. The Labute approximate surface area is 141 Å². The Morgan fingerprint density at radius 2 is 2.08 bits per heavy atom. The fourth-order valence-electron chi connectivity index (χ4n) is 3.55. The summed E-state index contributed by atoms with van der Waals surface area (Å²) in [6, 6.07) is 5.00. The zero-order valence-electron chi connectivity index (χ0n) is 13.8. The standard InChI is InChI=1S/C18H25N3O3/c22-10-14(8-12-4-2-1-3-5-12)19-18(24)13-6-7-15-16(9-13)21-17(11-23)20-15/h6-7,9,12,14,22-23H,1-5,8,10-11H2,(H,19,24)(H,20,21)/t14-/m0/s1. The largest absolute Gasteiger partial charge is 0.394 e. The highest BCUT2D eigenvalue weighted by molar-refractivity contribution is 5.97. The molecule has 6 nitrogen and oxygen atoms in total. The van der Waals surface area contributed by atoms with Crippen LogP contribution in [0.5, 0.6) is 0 Å². The van der Waals surface area contributed by atoms with E-state index >= 15 is 0 Å². The first kappa shape index (κ1) is 16.9. The normalized spacial score (nSPS) is 17.1. The molecule has 1 aliphatic rings. The maximum atomic E-state index is 12.5. The van der Waals surface area contributed by atoms with Crippen molar-refractivity contribution in [1.29, 1.82) is 0 Å². The van der Waals surface area contributed by atoms with Crippen molar-refractivity contribution in [1.82, 2.24) is 15.3 Å². The van der Waals surface area contributed by atoms with Crippen LogP contribution in [0.3, 0.4) is 0 Å². The van der Waals surface area contributed by atoms with Gasteiger partial charge in [-0.3, -0.25) is 4.79 Å². The first-order chi connectivity index (χ1) is 11.7. The molecule has 1 aliphatic carbocycles. The Bertz CT molecular complexity index is 692. The fourth-order valence-corrected chi connectivity index (χ4v) is 3.55. The summed E-state index contributed by atoms with van der Waals surface area (Å²) in [5.74, 6) is 0.887. The van der Waals surface area contributed by atoms with E-state index in [1.807, 2.05) is 0 Å². The summed E-state index contributed by atoms with van der Waals surface area (Å²) in [6.45, 7) is -0.201. The van der Waals surface area contributed by atoms with Crippen LogP contribution in [0, 0.1) is 5.92 Å². The Morgan fingerprint density at radius 3 is 2.79 bits per heavy atom. The highest BCUT2D eigenvalue weighted by atomic mass is 16.3. The number of benzene rings is 1. The molecule has 0 bridgehead atoms. The molecule has 24 heavy (non-hydrogen) atoms. The van der Waals surface area contributed by atoms with Crippen molar-refractivity contribution in [2.75, 3.05) is 6.61 Å². The molecule has 1 aromatic heterocycles. The number of fused-ring (bicyclic) bond motifs is 1. The minimum atomic E-state index is -0.203. The number of aliphatic hydroxyl groups excluding tert-OH is 2. The Morgan fingerprint density at radius 1 is 1.29 bits per heavy atom. The van der Waals surface area contributed by atoms with Gasteiger partial charge in [-0.2, -0.15) is 0 Å². The molecule has 0 unspecified atom stereocenters. The Hall–Kier alpha value is -1.92. The monoisotopic (exact) mass is 331 g/mol. The van der Waals surface area contributed by atoms with Gasteiger partial charge in [0.2, 0.25) is 0 Å². The highest BCUT2D eigenvalue weighted by Crippen LogP contribution is 2.27. The number of aromatic amines is 1. The minimum Gasteiger partial charge on any atom is -0.394 e. The topological polar surface area (TPSA) is 98.2 Å². The number of H-pyrrole nitrogens is 1. The number of carbonyl (C=O) groups is 1. The number of carbonyl (C=O) groups excluding carboxylic acids is 1. The van der Waals surface area contributed by atoms with Crippen LogP contribution in [0.2, 0.25) is 0 Å². The lowest BCUT2D eigenvalue weighted by atomic mass is 9.85. The zero-order chi connectivity index (χ0) is 16.9. The lowest BCUT2D eigenvalue weighted by Crippen LogP contribution is -2.39. The van der Waals surface area contributed by atoms with Gasteiger partial charge in [-0.15, -0.1) is 0 Å². The van der Waals surface area contributed by atoms with E-state index in [-0.39, 0.29) is 25.2 Å². The van der Waals surface area contributed by atoms with Gasteiger partial charge in [0.1, 0.15) is 12.4 Å². The number of nitrogens with one attached hydrogen (secondary N) is 2. The molecule has 0 saturated heterocycles. The lowest BCUT2D eigenvalue weighted by molar-refractivity contribution is 0.0902. The number of aliphatic hydroxyl groups is 2. The van der Waals surface area contributed by atoms with Gasteiger partial charge in [0, 0.05) is 5.56 Å². The molecule has 0 aliphatic heterocycles. The second-order valence-corrected chi connectivity index (χ2v) is 6.67. The third-order valence-corrected chi connectivity index (χ3v) is 4.84. The molecule has 1 heterocycles. The van der Waals surface area contributed by atoms with Crippen LogP contribution in [0.25, 0.3) is 11.0 Å². The maximum absolute atomic E-state index is 12.5. The van der Waals surface area contributed by atoms with Gasteiger partial charge >= 0.3 is 0 Å². The van der Waals surface area contributed by atoms with Crippen LogP contribution >= 0.6 is 0 Å². The van der Waals surface area contributed by atoms with E-state index in [2.05, 4.69) is 15.3 Å². The molecular formula is C18H25N3O3. The quantitative estimate of drug-likeness (QED) is 0.651. The molecule has 6 heteroatoms. The molecule has 1 aromatic carbocycles. The highest BCUT2D eigenvalue weighted by Gasteiger charge is 2.20. The molecule has 1 atom stereocenters. The Balaban J connectivity index is 1.65. The number of amides is 1. The third kappa shape index (κ3) is 3.94. The second kappa shape index (κ2) is 7.77. The van der Waals surface area contributed by atoms with Crippen molar-refractivity contribution in [3.63, 3.8) is 0 Å². The van der Waals surface area contributed by atoms with Crippen LogP contribution in [-0.2, 0) is 6.61 Å². The van der Waals surface area contributed by atoms with Crippen LogP contribution in [0.4, 0.5) is 0 Å². The number of hydrogen-bond donors (Lipinski definition) is 4. The van der Waals surface area contributed by atoms with E-state index < -0.39 is 0 Å². The number of aromatic nitrogens is 2. The Kier molecular flexibility index (Phi) is 5.48. The number of nitrogens with zero attached hydrogens (tertiary/aromatic N) is 1. The predicted molar refractivity (Wildman–Crippen MR) is 91.5 cm³/mol. The van der Waals surface area contributed by atoms with Gasteiger partial charge in [-0.1, -0.05) is 32.1 Å². The van der Waals surface area contributed by atoms with E-state index in [0.29, 0.717) is 17.3 Å². The molecule has 3 rings (SSSR count). The van der Waals surface area contributed by atoms with Crippen molar-refractivity contribution in [2.45, 2.75) is 51.2 Å². The number of imidazole rings is 1. The summed E-state index contributed by atoms with van der Waals surface area (Å²) >= 11 is 0. The molecule has 0 radical (unpaired) electrons. The average molecular weight is 331 g/mol. The summed E-state index contributed by atoms with van der Waals surface area (Å²) in [7, 11) is 0. The fraction of sp³-hybridized carbons (Fsp3) is 0.556. The molecule has 4 N–H and O–H groups in total. The van der Waals surface area contributed by atoms with Gasteiger partial charge in [0.25, 0.3) is 5.91 Å². The molecule has 1 saturated carbocycles. The predicted octanol–water partition coefficient (Wildman–Crippen LogP) is 2.12. The van der Waals surface area contributed by atoms with Crippen molar-refractivity contribution >= 4 is 16.9 Å². The van der Waals surface area contributed by atoms with Crippen LogP contribution in [0.15, 0.2) is 18.2 Å². The van der Waals surface area contributed by atoms with E-state index in [0.717, 1.165) is 17.5 Å². The molecule has 1 fully saturated rings. The summed E-state index contributed by atoms with van der Waals surface area (Å²) in [5, 5.41) is 21.7. The molecule has 2 aromatic rings. The zero-order valence-corrected chi connectivity index (χ0v) is 13.8. The van der Waals surface area contributed by atoms with Gasteiger partial charge in [-0.05, 0) is 30.5 Å². The van der Waals surface area contributed by atoms with Crippen LogP contribution in [-0.4, -0.2) is 38.7 Å². The summed E-state index contributed by atoms with van der Waals surface area (Å²) in [5.41, 5.74) is 1.97. The SMILES string of the molecule is O=C(N[C@H](CO)CC1CCCCC1)c1ccc2nc(CO)[nH]c2c1. The second-order valence-electron chi connectivity index (χ2n) is 6.67. The van der Waals surface area contributed by atoms with Crippen LogP contribution < -0.4 is 5.32 Å². The maximum Gasteiger partial charge on any atom is 0.251 e. The van der Waals surface area contributed by atoms with Crippen molar-refractivity contribution in [2.24, 2.45) is 5.92 Å². The third-order valence-electron chi connectivity index (χ3n) is 4.84. The average Bonchev–Trinajstić information content (AvgIpc) is 3.04. The van der Waals surface area contributed by atoms with Crippen molar-refractivity contribution < 1.29 is 15.0 Å². The molecule has 0 spiro atoms. The first-order valence-electron chi connectivity index (χ1n) is 8.71. The summed E-state index contributed by atoms with van der Waals surface area (Å²) in [4.78, 5) is 19.7. The molecule has 130 valence electrons. The van der Waals surface area contributed by atoms with Crippen molar-refractivity contribution in [3.05, 3.63) is 29.6 Å². The summed E-state index contributed by atoms with van der Waals surface area (Å²) < 4.78 is 0. The van der Waals surface area contributed by atoms with Crippen LogP contribution in [0.1, 0.15) is 54.7 Å². The van der Waals surface area contributed by atoms with Crippen molar-refractivity contribution in [3.8, 4) is 0 Å². The first-order valence-corrected chi connectivity index (χ1v) is 8.71. The molecule has 1 amide bonds. The lowest BCUT2D eigenvalue weighted by Gasteiger charge is -2.26. The van der Waals surface area contributed by atoms with E-state index in [1.54, 1.807) is 18.2 Å². The van der Waals surface area contributed by atoms with Gasteiger partial charge < -0.3 is 20.5 Å².